The van der Waals surface area contributed by atoms with E-state index >= 15 is 0 Å². The Morgan fingerprint density at radius 2 is 1.84 bits per heavy atom. The summed E-state index contributed by atoms with van der Waals surface area (Å²) in [5, 5.41) is 2.84. The lowest BCUT2D eigenvalue weighted by molar-refractivity contribution is 0.0690. The third kappa shape index (κ3) is 5.26. The van der Waals surface area contributed by atoms with Crippen LogP contribution in [0.4, 0.5) is 10.2 Å². The van der Waals surface area contributed by atoms with E-state index in [4.69, 9.17) is 11.6 Å². The van der Waals surface area contributed by atoms with Crippen molar-refractivity contribution < 1.29 is 14.0 Å². The number of hydrogen-bond donors (Lipinski definition) is 1. The molecule has 1 fully saturated rings. The van der Waals surface area contributed by atoms with Crippen LogP contribution < -0.4 is 5.32 Å². The molecule has 2 aromatic heterocycles. The number of pyridine rings is 1. The number of rotatable bonds is 5. The molecule has 3 heterocycles. The third-order valence-electron chi connectivity index (χ3n) is 5.46. The molecule has 164 valence electrons. The molecule has 2 amide bonds. The largest absolute Gasteiger partial charge is 0.339 e. The molecule has 1 saturated heterocycles. The zero-order valence-electron chi connectivity index (χ0n) is 17.2. The van der Waals surface area contributed by atoms with Gasteiger partial charge in [-0.05, 0) is 48.9 Å². The molecule has 1 N–H and O–H groups in total. The maximum absolute atomic E-state index is 13.1. The number of piperidine rings is 1. The summed E-state index contributed by atoms with van der Waals surface area (Å²) in [6.45, 7) is 1.20. The summed E-state index contributed by atoms with van der Waals surface area (Å²) in [7, 11) is 0. The molecule has 0 atom stereocenters. The third-order valence-corrected chi connectivity index (χ3v) is 5.76. The van der Waals surface area contributed by atoms with Crippen molar-refractivity contribution in [3.63, 3.8) is 0 Å². The fourth-order valence-corrected chi connectivity index (χ4v) is 3.92. The molecule has 0 spiro atoms. The van der Waals surface area contributed by atoms with Crippen molar-refractivity contribution in [3.8, 4) is 0 Å². The van der Waals surface area contributed by atoms with E-state index in [-0.39, 0.29) is 33.8 Å². The van der Waals surface area contributed by atoms with E-state index in [9.17, 15) is 14.0 Å². The highest BCUT2D eigenvalue weighted by Gasteiger charge is 2.25. The lowest BCUT2D eigenvalue weighted by Gasteiger charge is -2.32. The number of hydrogen-bond acceptors (Lipinski definition) is 5. The van der Waals surface area contributed by atoms with Crippen molar-refractivity contribution in [2.75, 3.05) is 18.4 Å². The van der Waals surface area contributed by atoms with Gasteiger partial charge in [0, 0.05) is 31.7 Å². The maximum Gasteiger partial charge on any atom is 0.277 e. The van der Waals surface area contributed by atoms with Crippen LogP contribution >= 0.6 is 11.6 Å². The molecule has 0 aliphatic carbocycles. The Bertz CT molecular complexity index is 1100. The normalized spacial score (nSPS) is 14.2. The van der Waals surface area contributed by atoms with E-state index in [1.54, 1.807) is 17.0 Å². The topological polar surface area (TPSA) is 88.1 Å². The SMILES string of the molecule is O=C(Nc1cc(C(=O)N2CCC(Cc3ccc(F)cc3)CC2)c(Cl)cn1)c1cnccn1. The van der Waals surface area contributed by atoms with Gasteiger partial charge >= 0.3 is 0 Å². The Labute approximate surface area is 189 Å². The van der Waals surface area contributed by atoms with E-state index < -0.39 is 5.91 Å². The second kappa shape index (κ2) is 9.82. The number of amides is 2. The molecule has 4 rings (SSSR count). The predicted octanol–water partition coefficient (Wildman–Crippen LogP) is 4.01. The lowest BCUT2D eigenvalue weighted by atomic mass is 9.90. The first-order valence-corrected chi connectivity index (χ1v) is 10.6. The van der Waals surface area contributed by atoms with Crippen LogP contribution in [0, 0.1) is 11.7 Å². The Morgan fingerprint density at radius 1 is 1.09 bits per heavy atom. The molecule has 1 aliphatic rings. The average Bonchev–Trinajstić information content (AvgIpc) is 2.82. The molecule has 9 heteroatoms. The molecule has 32 heavy (non-hydrogen) atoms. The van der Waals surface area contributed by atoms with E-state index in [2.05, 4.69) is 20.3 Å². The molecule has 0 radical (unpaired) electrons. The first kappa shape index (κ1) is 21.8. The Morgan fingerprint density at radius 3 is 2.53 bits per heavy atom. The van der Waals surface area contributed by atoms with Gasteiger partial charge in [0.1, 0.15) is 17.3 Å². The minimum absolute atomic E-state index is 0.139. The average molecular weight is 454 g/mol. The molecule has 3 aromatic rings. The van der Waals surface area contributed by atoms with Crippen LogP contribution in [-0.4, -0.2) is 44.8 Å². The van der Waals surface area contributed by atoms with Crippen LogP contribution in [0.5, 0.6) is 0 Å². The summed E-state index contributed by atoms with van der Waals surface area (Å²) in [6, 6.07) is 8.03. The number of anilines is 1. The van der Waals surface area contributed by atoms with Gasteiger partial charge in [0.05, 0.1) is 16.8 Å². The van der Waals surface area contributed by atoms with Crippen molar-refractivity contribution in [2.45, 2.75) is 19.3 Å². The Kier molecular flexibility index (Phi) is 6.70. The molecule has 0 bridgehead atoms. The molecule has 0 saturated carbocycles. The van der Waals surface area contributed by atoms with Crippen molar-refractivity contribution in [2.24, 2.45) is 5.92 Å². The zero-order chi connectivity index (χ0) is 22.5. The Balaban J connectivity index is 1.38. The van der Waals surface area contributed by atoms with Gasteiger partial charge in [0.2, 0.25) is 0 Å². The molecule has 1 aliphatic heterocycles. The van der Waals surface area contributed by atoms with Crippen LogP contribution in [0.3, 0.4) is 0 Å². The zero-order valence-corrected chi connectivity index (χ0v) is 17.9. The summed E-state index contributed by atoms with van der Waals surface area (Å²) in [5.41, 5.74) is 1.52. The van der Waals surface area contributed by atoms with E-state index in [1.165, 1.54) is 43.0 Å². The number of nitrogens with zero attached hydrogens (tertiary/aromatic N) is 4. The minimum Gasteiger partial charge on any atom is -0.339 e. The van der Waals surface area contributed by atoms with Crippen LogP contribution in [0.2, 0.25) is 5.02 Å². The molecule has 0 unspecified atom stereocenters. The quantitative estimate of drug-likeness (QED) is 0.630. The van der Waals surface area contributed by atoms with Gasteiger partial charge < -0.3 is 10.2 Å². The smallest absolute Gasteiger partial charge is 0.277 e. The van der Waals surface area contributed by atoms with Crippen molar-refractivity contribution in [1.82, 2.24) is 19.9 Å². The number of benzene rings is 1. The molecule has 7 nitrogen and oxygen atoms in total. The fourth-order valence-electron chi connectivity index (χ4n) is 3.73. The van der Waals surface area contributed by atoms with Gasteiger partial charge in [-0.3, -0.25) is 14.6 Å². The first-order chi connectivity index (χ1) is 15.5. The standard InChI is InChI=1S/C23H21ClFN5O2/c24-19-13-28-21(29-22(31)20-14-26-7-8-27-20)12-18(19)23(32)30-9-5-16(6-10-30)11-15-1-3-17(25)4-2-15/h1-4,7-8,12-14,16H,5-6,9-11H2,(H,28,29,31). The van der Waals surface area contributed by atoms with Gasteiger partial charge in [-0.25, -0.2) is 14.4 Å². The van der Waals surface area contributed by atoms with E-state index in [1.807, 2.05) is 0 Å². The van der Waals surface area contributed by atoms with E-state index in [0.29, 0.717) is 19.0 Å². The second-order valence-corrected chi connectivity index (χ2v) is 8.07. The Hall–Kier alpha value is -3.39. The summed E-state index contributed by atoms with van der Waals surface area (Å²) in [4.78, 5) is 39.0. The number of carbonyl (C=O) groups is 2. The van der Waals surface area contributed by atoms with Crippen LogP contribution in [0.25, 0.3) is 0 Å². The summed E-state index contributed by atoms with van der Waals surface area (Å²) >= 11 is 6.24. The highest BCUT2D eigenvalue weighted by molar-refractivity contribution is 6.33. The lowest BCUT2D eigenvalue weighted by Crippen LogP contribution is -2.39. The molecule has 1 aromatic carbocycles. The molecular weight excluding hydrogens is 433 g/mol. The second-order valence-electron chi connectivity index (χ2n) is 7.66. The van der Waals surface area contributed by atoms with Crippen molar-refractivity contribution in [1.29, 1.82) is 0 Å². The number of carbonyl (C=O) groups excluding carboxylic acids is 2. The van der Waals surface area contributed by atoms with Gasteiger partial charge in [0.15, 0.2) is 0 Å². The highest BCUT2D eigenvalue weighted by Crippen LogP contribution is 2.26. The van der Waals surface area contributed by atoms with Crippen molar-refractivity contribution in [3.05, 3.63) is 82.8 Å². The minimum atomic E-state index is -0.479. The van der Waals surface area contributed by atoms with Gasteiger partial charge in [-0.2, -0.15) is 0 Å². The summed E-state index contributed by atoms with van der Waals surface area (Å²) < 4.78 is 13.1. The van der Waals surface area contributed by atoms with Gasteiger partial charge in [-0.15, -0.1) is 0 Å². The number of aromatic nitrogens is 3. The van der Waals surface area contributed by atoms with Crippen LogP contribution in [0.1, 0.15) is 39.3 Å². The predicted molar refractivity (Wildman–Crippen MR) is 118 cm³/mol. The fraction of sp³-hybridized carbons (Fsp3) is 0.261. The summed E-state index contributed by atoms with van der Waals surface area (Å²) in [5.74, 6) is -0.282. The number of nitrogens with one attached hydrogen (secondary N) is 1. The van der Waals surface area contributed by atoms with Crippen LogP contribution in [0.15, 0.2) is 55.1 Å². The monoisotopic (exact) mass is 453 g/mol. The summed E-state index contributed by atoms with van der Waals surface area (Å²) in [6.07, 6.45) is 8.13. The number of halogens is 2. The first-order valence-electron chi connectivity index (χ1n) is 10.3. The van der Waals surface area contributed by atoms with Crippen molar-refractivity contribution >= 4 is 29.2 Å². The highest BCUT2D eigenvalue weighted by atomic mass is 35.5. The van der Waals surface area contributed by atoms with Gasteiger partial charge in [-0.1, -0.05) is 23.7 Å². The molecular formula is C23H21ClFN5O2. The van der Waals surface area contributed by atoms with E-state index in [0.717, 1.165) is 24.8 Å². The van der Waals surface area contributed by atoms with Gasteiger partial charge in [0.25, 0.3) is 11.8 Å². The maximum atomic E-state index is 13.1. The number of likely N-dealkylation sites (tertiary alicyclic amines) is 1. The van der Waals surface area contributed by atoms with Crippen LogP contribution in [-0.2, 0) is 6.42 Å².